The zero-order valence-electron chi connectivity index (χ0n) is 13.6. The van der Waals surface area contributed by atoms with E-state index in [4.69, 9.17) is 21.1 Å². The molecule has 0 bridgehead atoms. The first-order chi connectivity index (χ1) is 10.9. The topological polar surface area (TPSA) is 73.3 Å². The number of halogens is 1. The van der Waals surface area contributed by atoms with Gasteiger partial charge in [0.15, 0.2) is 0 Å². The van der Waals surface area contributed by atoms with Gasteiger partial charge < -0.3 is 14.8 Å². The molecule has 0 aliphatic carbocycles. The van der Waals surface area contributed by atoms with Crippen LogP contribution in [0.2, 0.25) is 5.28 Å². The summed E-state index contributed by atoms with van der Waals surface area (Å²) in [5.74, 6) is 0.287. The first-order valence-electron chi connectivity index (χ1n) is 7.34. The summed E-state index contributed by atoms with van der Waals surface area (Å²) in [4.78, 5) is 21.9. The van der Waals surface area contributed by atoms with Gasteiger partial charge in [0.05, 0.1) is 11.5 Å². The van der Waals surface area contributed by atoms with Crippen molar-refractivity contribution in [3.05, 3.63) is 15.7 Å². The van der Waals surface area contributed by atoms with Crippen LogP contribution in [0.4, 0.5) is 5.82 Å². The molecule has 0 aromatic carbocycles. The van der Waals surface area contributed by atoms with Gasteiger partial charge in [-0.25, -0.2) is 14.8 Å². The number of methoxy groups -OCH3 is 1. The summed E-state index contributed by atoms with van der Waals surface area (Å²) in [6.45, 7) is 6.86. The molecular formula is C15H20ClN3O3S. The Bertz CT molecular complexity index is 703. The van der Waals surface area contributed by atoms with Crippen molar-refractivity contribution >= 4 is 44.9 Å². The molecule has 0 spiro atoms. The number of nitrogens with one attached hydrogen (secondary N) is 1. The number of aromatic nitrogens is 2. The van der Waals surface area contributed by atoms with Crippen LogP contribution in [0, 0.1) is 6.92 Å². The molecule has 1 N–H and O–H groups in total. The number of carbonyl (C=O) groups excluding carboxylic acids is 1. The molecule has 0 aliphatic rings. The van der Waals surface area contributed by atoms with Crippen LogP contribution in [0.25, 0.3) is 10.2 Å². The second-order valence-corrected chi connectivity index (χ2v) is 6.64. The van der Waals surface area contributed by atoms with E-state index in [1.807, 2.05) is 20.8 Å². The lowest BCUT2D eigenvalue weighted by atomic mass is 10.2. The molecule has 2 aromatic heterocycles. The largest absolute Gasteiger partial charge is 0.459 e. The molecule has 2 heterocycles. The first-order valence-corrected chi connectivity index (χ1v) is 8.54. The van der Waals surface area contributed by atoms with Gasteiger partial charge in [0.1, 0.15) is 15.5 Å². The number of nitrogens with zero attached hydrogens (tertiary/aromatic N) is 2. The van der Waals surface area contributed by atoms with Crippen LogP contribution in [-0.4, -0.2) is 42.3 Å². The highest BCUT2D eigenvalue weighted by molar-refractivity contribution is 7.20. The number of aryl methyl sites for hydroxylation is 1. The highest BCUT2D eigenvalue weighted by Crippen LogP contribution is 2.35. The molecule has 0 saturated heterocycles. The van der Waals surface area contributed by atoms with Crippen molar-refractivity contribution in [2.24, 2.45) is 0 Å². The Morgan fingerprint density at radius 1 is 1.39 bits per heavy atom. The van der Waals surface area contributed by atoms with Gasteiger partial charge in [-0.2, -0.15) is 0 Å². The van der Waals surface area contributed by atoms with Crippen LogP contribution in [0.3, 0.4) is 0 Å². The maximum absolute atomic E-state index is 12.2. The van der Waals surface area contributed by atoms with E-state index in [0.717, 1.165) is 17.4 Å². The van der Waals surface area contributed by atoms with Crippen molar-refractivity contribution in [1.82, 2.24) is 9.97 Å². The van der Waals surface area contributed by atoms with Gasteiger partial charge in [0.25, 0.3) is 0 Å². The molecule has 0 radical (unpaired) electrons. The van der Waals surface area contributed by atoms with Gasteiger partial charge in [0.2, 0.25) is 5.28 Å². The van der Waals surface area contributed by atoms with Crippen molar-refractivity contribution < 1.29 is 14.3 Å². The monoisotopic (exact) mass is 357 g/mol. The molecule has 0 fully saturated rings. The second-order valence-electron chi connectivity index (χ2n) is 5.30. The standard InChI is InChI=1S/C15H20ClN3O3S/c1-8(2)22-14(20)11-9(3)10-12(17-6-5-7-21-4)18-15(16)19-13(10)23-11/h8H,5-7H2,1-4H3,(H,17,18,19). The molecule has 0 aliphatic heterocycles. The van der Waals surface area contributed by atoms with E-state index in [0.29, 0.717) is 28.7 Å². The fraction of sp³-hybridized carbons (Fsp3) is 0.533. The van der Waals surface area contributed by atoms with Crippen LogP contribution >= 0.6 is 22.9 Å². The van der Waals surface area contributed by atoms with Gasteiger partial charge in [-0.3, -0.25) is 0 Å². The summed E-state index contributed by atoms with van der Waals surface area (Å²) in [5, 5.41) is 4.20. The lowest BCUT2D eigenvalue weighted by Gasteiger charge is -2.08. The molecule has 2 aromatic rings. The third-order valence-electron chi connectivity index (χ3n) is 3.11. The van der Waals surface area contributed by atoms with E-state index in [-0.39, 0.29) is 17.4 Å². The van der Waals surface area contributed by atoms with E-state index in [9.17, 15) is 4.79 Å². The third kappa shape index (κ3) is 4.31. The molecule has 0 atom stereocenters. The van der Waals surface area contributed by atoms with E-state index < -0.39 is 0 Å². The SMILES string of the molecule is COCCCNc1nc(Cl)nc2sc(C(=O)OC(C)C)c(C)c12. The third-order valence-corrected chi connectivity index (χ3v) is 4.44. The fourth-order valence-electron chi connectivity index (χ4n) is 2.13. The smallest absolute Gasteiger partial charge is 0.348 e. The Hall–Kier alpha value is -1.44. The summed E-state index contributed by atoms with van der Waals surface area (Å²) in [5.41, 5.74) is 0.807. The van der Waals surface area contributed by atoms with Gasteiger partial charge in [-0.05, 0) is 44.4 Å². The number of hydrogen-bond acceptors (Lipinski definition) is 7. The minimum absolute atomic E-state index is 0.150. The number of thiophene rings is 1. The maximum atomic E-state index is 12.2. The van der Waals surface area contributed by atoms with E-state index in [1.54, 1.807) is 7.11 Å². The highest BCUT2D eigenvalue weighted by atomic mass is 35.5. The van der Waals surface area contributed by atoms with E-state index >= 15 is 0 Å². The van der Waals surface area contributed by atoms with Crippen molar-refractivity contribution in [3.63, 3.8) is 0 Å². The zero-order valence-corrected chi connectivity index (χ0v) is 15.2. The number of anilines is 1. The molecule has 126 valence electrons. The van der Waals surface area contributed by atoms with Gasteiger partial charge in [-0.1, -0.05) is 0 Å². The lowest BCUT2D eigenvalue weighted by Crippen LogP contribution is -2.11. The molecule has 8 heteroatoms. The predicted molar refractivity (Wildman–Crippen MR) is 92.7 cm³/mol. The average molecular weight is 358 g/mol. The van der Waals surface area contributed by atoms with Crippen LogP contribution < -0.4 is 5.32 Å². The second kappa shape index (κ2) is 7.90. The summed E-state index contributed by atoms with van der Waals surface area (Å²) >= 11 is 7.26. The Kier molecular flexibility index (Phi) is 6.15. The van der Waals surface area contributed by atoms with Crippen LogP contribution in [-0.2, 0) is 9.47 Å². The summed E-state index contributed by atoms with van der Waals surface area (Å²) in [6, 6.07) is 0. The Labute approximate surface area is 144 Å². The van der Waals surface area contributed by atoms with Gasteiger partial charge in [-0.15, -0.1) is 11.3 Å². The first kappa shape index (κ1) is 17.9. The number of esters is 1. The van der Waals surface area contributed by atoms with Crippen molar-refractivity contribution in [3.8, 4) is 0 Å². The van der Waals surface area contributed by atoms with Crippen molar-refractivity contribution in [2.75, 3.05) is 25.6 Å². The van der Waals surface area contributed by atoms with Crippen LogP contribution in [0.1, 0.15) is 35.5 Å². The van der Waals surface area contributed by atoms with Crippen LogP contribution in [0.5, 0.6) is 0 Å². The molecular weight excluding hydrogens is 338 g/mol. The Morgan fingerprint density at radius 3 is 2.78 bits per heavy atom. The average Bonchev–Trinajstić information content (AvgIpc) is 2.79. The summed E-state index contributed by atoms with van der Waals surface area (Å²) in [6.07, 6.45) is 0.666. The van der Waals surface area contributed by atoms with Crippen molar-refractivity contribution in [1.29, 1.82) is 0 Å². The van der Waals surface area contributed by atoms with E-state index in [1.165, 1.54) is 11.3 Å². The van der Waals surface area contributed by atoms with Gasteiger partial charge in [0, 0.05) is 20.3 Å². The quantitative estimate of drug-likeness (QED) is 0.463. The molecule has 6 nitrogen and oxygen atoms in total. The maximum Gasteiger partial charge on any atom is 0.348 e. The van der Waals surface area contributed by atoms with Crippen LogP contribution in [0.15, 0.2) is 0 Å². The number of fused-ring (bicyclic) bond motifs is 1. The number of ether oxygens (including phenoxy) is 2. The van der Waals surface area contributed by atoms with Crippen molar-refractivity contribution in [2.45, 2.75) is 33.3 Å². The molecule has 23 heavy (non-hydrogen) atoms. The Morgan fingerprint density at radius 2 is 2.13 bits per heavy atom. The predicted octanol–water partition coefficient (Wildman–Crippen LogP) is 3.67. The number of carbonyl (C=O) groups is 1. The Balaban J connectivity index is 2.36. The zero-order chi connectivity index (χ0) is 17.0. The normalized spacial score (nSPS) is 11.2. The summed E-state index contributed by atoms with van der Waals surface area (Å²) < 4.78 is 10.3. The number of hydrogen-bond donors (Lipinski definition) is 1. The van der Waals surface area contributed by atoms with Gasteiger partial charge >= 0.3 is 5.97 Å². The highest BCUT2D eigenvalue weighted by Gasteiger charge is 2.21. The lowest BCUT2D eigenvalue weighted by molar-refractivity contribution is 0.0383. The minimum atomic E-state index is -0.345. The molecule has 0 unspecified atom stereocenters. The molecule has 0 saturated carbocycles. The molecule has 0 amide bonds. The number of rotatable bonds is 7. The van der Waals surface area contributed by atoms with E-state index in [2.05, 4.69) is 15.3 Å². The summed E-state index contributed by atoms with van der Waals surface area (Å²) in [7, 11) is 1.66. The molecule has 2 rings (SSSR count). The fourth-order valence-corrected chi connectivity index (χ4v) is 3.41. The minimum Gasteiger partial charge on any atom is -0.459 e.